The summed E-state index contributed by atoms with van der Waals surface area (Å²) in [4.78, 5) is 12.3. The van der Waals surface area contributed by atoms with E-state index in [2.05, 4.69) is 21.2 Å². The van der Waals surface area contributed by atoms with E-state index in [9.17, 15) is 9.90 Å². The van der Waals surface area contributed by atoms with E-state index in [1.165, 1.54) is 0 Å². The molecule has 0 radical (unpaired) electrons. The number of carbonyl (C=O) groups is 1. The highest BCUT2D eigenvalue weighted by molar-refractivity contribution is 9.10. The molecule has 2 rings (SSSR count). The topological polar surface area (TPSA) is 84.6 Å². The van der Waals surface area contributed by atoms with Crippen molar-refractivity contribution in [3.8, 4) is 0 Å². The van der Waals surface area contributed by atoms with Crippen molar-refractivity contribution < 1.29 is 14.6 Å². The molecule has 1 aliphatic heterocycles. The highest BCUT2D eigenvalue weighted by Crippen LogP contribution is 2.21. The van der Waals surface area contributed by atoms with Crippen molar-refractivity contribution in [3.05, 3.63) is 34.3 Å². The minimum atomic E-state index is -1.13. The normalized spacial score (nSPS) is 22.6. The van der Waals surface area contributed by atoms with Gasteiger partial charge in [-0.15, -0.1) is 0 Å². The smallest absolute Gasteiger partial charge is 0.244 e. The lowest BCUT2D eigenvalue weighted by Gasteiger charge is -2.26. The maximum atomic E-state index is 12.3. The van der Waals surface area contributed by atoms with Crippen molar-refractivity contribution in [1.82, 2.24) is 5.32 Å². The molecule has 6 heteroatoms. The molecule has 3 atom stereocenters. The first-order valence-corrected chi connectivity index (χ1v) is 7.79. The summed E-state index contributed by atoms with van der Waals surface area (Å²) in [6.07, 6.45) is 0.223. The standard InChI is InChI=1S/C15H21BrN2O3/c1-15(17,11-2-4-12(16)5-3-11)14(20)18-8-13(19)10-6-7-21-9-10/h2-5,10,13,19H,6-9,17H2,1H3,(H,18,20). The van der Waals surface area contributed by atoms with Crippen LogP contribution >= 0.6 is 15.9 Å². The van der Waals surface area contributed by atoms with Gasteiger partial charge >= 0.3 is 0 Å². The molecule has 1 amide bonds. The second-order valence-corrected chi connectivity index (χ2v) is 6.53. The van der Waals surface area contributed by atoms with Crippen molar-refractivity contribution in [2.24, 2.45) is 11.7 Å². The van der Waals surface area contributed by atoms with Gasteiger partial charge in [0.1, 0.15) is 5.54 Å². The molecule has 1 aromatic rings. The van der Waals surface area contributed by atoms with Gasteiger partial charge in [-0.3, -0.25) is 4.79 Å². The molecule has 0 bridgehead atoms. The van der Waals surface area contributed by atoms with Gasteiger partial charge < -0.3 is 20.9 Å². The number of rotatable bonds is 5. The number of benzene rings is 1. The predicted molar refractivity (Wildman–Crippen MR) is 83.6 cm³/mol. The van der Waals surface area contributed by atoms with Crippen molar-refractivity contribution in [3.63, 3.8) is 0 Å². The van der Waals surface area contributed by atoms with Crippen LogP contribution < -0.4 is 11.1 Å². The third kappa shape index (κ3) is 4.03. The van der Waals surface area contributed by atoms with Crippen LogP contribution in [0.15, 0.2) is 28.7 Å². The maximum absolute atomic E-state index is 12.3. The van der Waals surface area contributed by atoms with E-state index in [4.69, 9.17) is 10.5 Å². The summed E-state index contributed by atoms with van der Waals surface area (Å²) >= 11 is 3.35. The fraction of sp³-hybridized carbons (Fsp3) is 0.533. The number of carbonyl (C=O) groups excluding carboxylic acids is 1. The van der Waals surface area contributed by atoms with Crippen molar-refractivity contribution >= 4 is 21.8 Å². The van der Waals surface area contributed by atoms with E-state index in [1.807, 2.05) is 24.3 Å². The molecule has 5 nitrogen and oxygen atoms in total. The van der Waals surface area contributed by atoms with Crippen molar-refractivity contribution in [2.75, 3.05) is 19.8 Å². The summed E-state index contributed by atoms with van der Waals surface area (Å²) in [7, 11) is 0. The molecule has 1 fully saturated rings. The largest absolute Gasteiger partial charge is 0.391 e. The Kier molecular flexibility index (Phi) is 5.37. The number of aliphatic hydroxyl groups excluding tert-OH is 1. The Balaban J connectivity index is 1.93. The van der Waals surface area contributed by atoms with E-state index >= 15 is 0 Å². The molecule has 1 aliphatic rings. The lowest BCUT2D eigenvalue weighted by molar-refractivity contribution is -0.126. The Labute approximate surface area is 133 Å². The van der Waals surface area contributed by atoms with Gasteiger partial charge in [0.2, 0.25) is 5.91 Å². The van der Waals surface area contributed by atoms with Crippen LogP contribution in [0.4, 0.5) is 0 Å². The number of aliphatic hydroxyl groups is 1. The monoisotopic (exact) mass is 356 g/mol. The summed E-state index contributed by atoms with van der Waals surface area (Å²) < 4.78 is 6.16. The van der Waals surface area contributed by atoms with Gasteiger partial charge in [-0.25, -0.2) is 0 Å². The van der Waals surface area contributed by atoms with Crippen LogP contribution in [0.25, 0.3) is 0 Å². The van der Waals surface area contributed by atoms with Gasteiger partial charge in [0.25, 0.3) is 0 Å². The first-order valence-electron chi connectivity index (χ1n) is 7.00. The molecule has 0 spiro atoms. The van der Waals surface area contributed by atoms with E-state index in [-0.39, 0.29) is 18.4 Å². The molecule has 116 valence electrons. The number of hydrogen-bond donors (Lipinski definition) is 3. The molecule has 1 aromatic carbocycles. The van der Waals surface area contributed by atoms with Crippen molar-refractivity contribution in [1.29, 1.82) is 0 Å². The van der Waals surface area contributed by atoms with Gasteiger partial charge in [0.05, 0.1) is 12.7 Å². The summed E-state index contributed by atoms with van der Waals surface area (Å²) in [5.41, 5.74) is 5.73. The molecule has 3 unspecified atom stereocenters. The van der Waals surface area contributed by atoms with Crippen LogP contribution in [0, 0.1) is 5.92 Å². The zero-order chi connectivity index (χ0) is 15.5. The Morgan fingerprint density at radius 1 is 1.57 bits per heavy atom. The highest BCUT2D eigenvalue weighted by atomic mass is 79.9. The lowest BCUT2D eigenvalue weighted by Crippen LogP contribution is -2.51. The second-order valence-electron chi connectivity index (χ2n) is 5.61. The van der Waals surface area contributed by atoms with Crippen LogP contribution in [-0.2, 0) is 15.1 Å². The summed E-state index contributed by atoms with van der Waals surface area (Å²) in [6.45, 7) is 3.07. The number of nitrogens with two attached hydrogens (primary N) is 1. The highest BCUT2D eigenvalue weighted by Gasteiger charge is 2.32. The first-order chi connectivity index (χ1) is 9.91. The quantitative estimate of drug-likeness (QED) is 0.738. The molecule has 21 heavy (non-hydrogen) atoms. The van der Waals surface area contributed by atoms with Crippen molar-refractivity contribution in [2.45, 2.75) is 25.0 Å². The Morgan fingerprint density at radius 3 is 2.81 bits per heavy atom. The Hall–Kier alpha value is -0.950. The molecule has 0 aromatic heterocycles. The summed E-state index contributed by atoms with van der Waals surface area (Å²) in [5.74, 6) is -0.218. The van der Waals surface area contributed by atoms with Gasteiger partial charge in [-0.05, 0) is 31.0 Å². The maximum Gasteiger partial charge on any atom is 0.244 e. The fourth-order valence-corrected chi connectivity index (χ4v) is 2.60. The number of ether oxygens (including phenoxy) is 1. The number of amides is 1. The average molecular weight is 357 g/mol. The van der Waals surface area contributed by atoms with Crippen LogP contribution in [0.5, 0.6) is 0 Å². The third-order valence-electron chi connectivity index (χ3n) is 3.90. The number of hydrogen-bond acceptors (Lipinski definition) is 4. The van der Waals surface area contributed by atoms with Crippen LogP contribution in [0.3, 0.4) is 0 Å². The minimum absolute atomic E-state index is 0.0852. The van der Waals surface area contributed by atoms with Crippen LogP contribution in [0.2, 0.25) is 0 Å². The van der Waals surface area contributed by atoms with Crippen LogP contribution in [0.1, 0.15) is 18.9 Å². The number of halogens is 1. The van der Waals surface area contributed by atoms with Crippen LogP contribution in [-0.4, -0.2) is 36.9 Å². The second kappa shape index (κ2) is 6.87. The SMILES string of the molecule is CC(N)(C(=O)NCC(O)C1CCOC1)c1ccc(Br)cc1. The van der Waals surface area contributed by atoms with Gasteiger partial charge in [0, 0.05) is 23.5 Å². The molecule has 0 saturated carbocycles. The minimum Gasteiger partial charge on any atom is -0.391 e. The van der Waals surface area contributed by atoms with Gasteiger partial charge in [-0.1, -0.05) is 28.1 Å². The molecule has 0 aliphatic carbocycles. The fourth-order valence-electron chi connectivity index (χ4n) is 2.33. The number of nitrogens with one attached hydrogen (secondary N) is 1. The zero-order valence-electron chi connectivity index (χ0n) is 12.0. The lowest BCUT2D eigenvalue weighted by atomic mass is 9.92. The van der Waals surface area contributed by atoms with Gasteiger partial charge in [0.15, 0.2) is 0 Å². The first kappa shape index (κ1) is 16.4. The zero-order valence-corrected chi connectivity index (χ0v) is 13.6. The molecule has 1 saturated heterocycles. The van der Waals surface area contributed by atoms with E-state index < -0.39 is 11.6 Å². The van der Waals surface area contributed by atoms with Gasteiger partial charge in [-0.2, -0.15) is 0 Å². The Morgan fingerprint density at radius 2 is 2.24 bits per heavy atom. The third-order valence-corrected chi connectivity index (χ3v) is 4.43. The Bertz CT molecular complexity index is 484. The summed E-state index contributed by atoms with van der Waals surface area (Å²) in [5, 5.41) is 12.8. The molecular formula is C15H21BrN2O3. The predicted octanol–water partition coefficient (Wildman–Crippen LogP) is 1.14. The molecular weight excluding hydrogens is 336 g/mol. The van der Waals surface area contributed by atoms with E-state index in [0.29, 0.717) is 13.2 Å². The van der Waals surface area contributed by atoms with E-state index in [0.717, 1.165) is 16.5 Å². The molecule has 4 N–H and O–H groups in total. The molecule has 1 heterocycles. The van der Waals surface area contributed by atoms with E-state index in [1.54, 1.807) is 6.92 Å². The summed E-state index contributed by atoms with van der Waals surface area (Å²) in [6, 6.07) is 7.31. The average Bonchev–Trinajstić information content (AvgIpc) is 2.99.